The summed E-state index contributed by atoms with van der Waals surface area (Å²) in [6.07, 6.45) is -0.165. The molecule has 0 fully saturated rings. The number of para-hydroxylation sites is 1. The molecular formula is C17H16BrN3O4. The van der Waals surface area contributed by atoms with Crippen LogP contribution in [0.4, 0.5) is 11.4 Å². The summed E-state index contributed by atoms with van der Waals surface area (Å²) in [5, 5.41) is 16.1. The zero-order chi connectivity index (χ0) is 18.4. The van der Waals surface area contributed by atoms with Gasteiger partial charge in [0.1, 0.15) is 0 Å². The molecule has 130 valence electrons. The van der Waals surface area contributed by atoms with Gasteiger partial charge in [-0.25, -0.2) is 0 Å². The van der Waals surface area contributed by atoms with Gasteiger partial charge in [-0.05, 0) is 30.7 Å². The minimum Gasteiger partial charge on any atom is -0.347 e. The van der Waals surface area contributed by atoms with Crippen molar-refractivity contribution >= 4 is 39.1 Å². The first-order chi connectivity index (χ1) is 11.9. The van der Waals surface area contributed by atoms with Crippen molar-refractivity contribution in [2.45, 2.75) is 13.3 Å². The van der Waals surface area contributed by atoms with E-state index in [9.17, 15) is 19.7 Å². The van der Waals surface area contributed by atoms with Crippen LogP contribution < -0.4 is 10.6 Å². The van der Waals surface area contributed by atoms with Crippen LogP contribution in [-0.4, -0.2) is 23.3 Å². The number of aryl methyl sites for hydroxylation is 1. The molecule has 8 heteroatoms. The number of hydrogen-bond acceptors (Lipinski definition) is 4. The summed E-state index contributed by atoms with van der Waals surface area (Å²) in [7, 11) is 0. The molecule has 0 aliphatic heterocycles. The number of nitrogens with one attached hydrogen (secondary N) is 2. The highest BCUT2D eigenvalue weighted by atomic mass is 79.9. The molecular weight excluding hydrogens is 390 g/mol. The third kappa shape index (κ3) is 5.39. The highest BCUT2D eigenvalue weighted by molar-refractivity contribution is 9.10. The lowest BCUT2D eigenvalue weighted by molar-refractivity contribution is -0.385. The molecule has 2 aromatic rings. The van der Waals surface area contributed by atoms with E-state index in [1.165, 1.54) is 18.2 Å². The molecule has 0 heterocycles. The van der Waals surface area contributed by atoms with Crippen LogP contribution in [0.5, 0.6) is 0 Å². The Morgan fingerprint density at radius 3 is 2.56 bits per heavy atom. The van der Waals surface area contributed by atoms with Crippen molar-refractivity contribution in [3.8, 4) is 0 Å². The number of halogens is 1. The van der Waals surface area contributed by atoms with Gasteiger partial charge in [0.15, 0.2) is 0 Å². The zero-order valence-corrected chi connectivity index (χ0v) is 15.0. The largest absolute Gasteiger partial charge is 0.347 e. The molecule has 2 N–H and O–H groups in total. The predicted molar refractivity (Wildman–Crippen MR) is 97.3 cm³/mol. The lowest BCUT2D eigenvalue weighted by atomic mass is 10.1. The Morgan fingerprint density at radius 1 is 1.16 bits per heavy atom. The third-order valence-electron chi connectivity index (χ3n) is 3.45. The van der Waals surface area contributed by atoms with E-state index in [4.69, 9.17) is 0 Å². The predicted octanol–water partition coefficient (Wildman–Crippen LogP) is 2.96. The molecule has 0 bridgehead atoms. The van der Waals surface area contributed by atoms with Gasteiger partial charge in [0.05, 0.1) is 17.9 Å². The maximum absolute atomic E-state index is 11.9. The van der Waals surface area contributed by atoms with E-state index in [0.717, 1.165) is 10.0 Å². The van der Waals surface area contributed by atoms with E-state index in [1.54, 1.807) is 18.2 Å². The Bertz CT molecular complexity index is 823. The molecule has 0 aromatic heterocycles. The molecule has 0 aliphatic rings. The molecule has 2 rings (SSSR count). The van der Waals surface area contributed by atoms with Crippen molar-refractivity contribution in [1.29, 1.82) is 0 Å². The van der Waals surface area contributed by atoms with Gasteiger partial charge >= 0.3 is 0 Å². The van der Waals surface area contributed by atoms with Crippen LogP contribution in [0.3, 0.4) is 0 Å². The maximum atomic E-state index is 11.9. The Labute approximate surface area is 152 Å². The normalized spacial score (nSPS) is 10.2. The quantitative estimate of drug-likeness (QED) is 0.569. The van der Waals surface area contributed by atoms with Crippen LogP contribution in [0.2, 0.25) is 0 Å². The van der Waals surface area contributed by atoms with E-state index >= 15 is 0 Å². The SMILES string of the molecule is Cc1cc(Br)ccc1NC(=O)CNC(=O)Cc1ccccc1[N+](=O)[O-]. The number of amides is 2. The lowest BCUT2D eigenvalue weighted by Crippen LogP contribution is -2.34. The first-order valence-electron chi connectivity index (χ1n) is 7.42. The van der Waals surface area contributed by atoms with Gasteiger partial charge in [0.25, 0.3) is 5.69 Å². The zero-order valence-electron chi connectivity index (χ0n) is 13.4. The second-order valence-electron chi connectivity index (χ2n) is 5.35. The Morgan fingerprint density at radius 2 is 1.88 bits per heavy atom. The van der Waals surface area contributed by atoms with Crippen molar-refractivity contribution in [3.63, 3.8) is 0 Å². The van der Waals surface area contributed by atoms with Crippen LogP contribution in [0.25, 0.3) is 0 Å². The number of anilines is 1. The van der Waals surface area contributed by atoms with E-state index in [0.29, 0.717) is 11.3 Å². The average molecular weight is 406 g/mol. The number of benzene rings is 2. The minimum absolute atomic E-state index is 0.118. The number of carbonyl (C=O) groups excluding carboxylic acids is 2. The minimum atomic E-state index is -0.536. The molecule has 0 atom stereocenters. The highest BCUT2D eigenvalue weighted by Crippen LogP contribution is 2.20. The number of nitro benzene ring substituents is 1. The number of carbonyl (C=O) groups is 2. The van der Waals surface area contributed by atoms with Crippen LogP contribution in [0.1, 0.15) is 11.1 Å². The Kier molecular flexibility index (Phi) is 6.24. The molecule has 0 unspecified atom stereocenters. The van der Waals surface area contributed by atoms with E-state index in [2.05, 4.69) is 26.6 Å². The van der Waals surface area contributed by atoms with Crippen LogP contribution in [0, 0.1) is 17.0 Å². The summed E-state index contributed by atoms with van der Waals surface area (Å²) in [6.45, 7) is 1.64. The fraction of sp³-hybridized carbons (Fsp3) is 0.176. The van der Waals surface area contributed by atoms with Crippen molar-refractivity contribution in [2.75, 3.05) is 11.9 Å². The smallest absolute Gasteiger partial charge is 0.273 e. The molecule has 0 aliphatic carbocycles. The third-order valence-corrected chi connectivity index (χ3v) is 3.94. The fourth-order valence-corrected chi connectivity index (χ4v) is 2.69. The van der Waals surface area contributed by atoms with E-state index < -0.39 is 10.8 Å². The second-order valence-corrected chi connectivity index (χ2v) is 6.26. The Balaban J connectivity index is 1.89. The summed E-state index contributed by atoms with van der Waals surface area (Å²) in [6, 6.07) is 11.4. The molecule has 2 aromatic carbocycles. The van der Waals surface area contributed by atoms with Crippen LogP contribution in [-0.2, 0) is 16.0 Å². The first-order valence-corrected chi connectivity index (χ1v) is 8.21. The van der Waals surface area contributed by atoms with Gasteiger partial charge in [0.2, 0.25) is 11.8 Å². The molecule has 0 radical (unpaired) electrons. The molecule has 7 nitrogen and oxygen atoms in total. The first kappa shape index (κ1) is 18.6. The molecule has 0 saturated heterocycles. The van der Waals surface area contributed by atoms with Gasteiger partial charge < -0.3 is 10.6 Å². The van der Waals surface area contributed by atoms with Gasteiger partial charge in [-0.3, -0.25) is 19.7 Å². The van der Waals surface area contributed by atoms with Crippen molar-refractivity contribution in [1.82, 2.24) is 5.32 Å². The van der Waals surface area contributed by atoms with Gasteiger partial charge in [-0.1, -0.05) is 34.1 Å². The number of hydrogen-bond donors (Lipinski definition) is 2. The van der Waals surface area contributed by atoms with Crippen molar-refractivity contribution in [3.05, 3.63) is 68.2 Å². The Hall–Kier alpha value is -2.74. The summed E-state index contributed by atoms with van der Waals surface area (Å²) in [5.74, 6) is -0.835. The monoisotopic (exact) mass is 405 g/mol. The lowest BCUT2D eigenvalue weighted by Gasteiger charge is -2.10. The van der Waals surface area contributed by atoms with Crippen molar-refractivity contribution < 1.29 is 14.5 Å². The van der Waals surface area contributed by atoms with Crippen LogP contribution >= 0.6 is 15.9 Å². The maximum Gasteiger partial charge on any atom is 0.273 e. The van der Waals surface area contributed by atoms with Gasteiger partial charge in [0, 0.05) is 21.8 Å². The molecule has 25 heavy (non-hydrogen) atoms. The summed E-state index contributed by atoms with van der Waals surface area (Å²) >= 11 is 3.34. The van der Waals surface area contributed by atoms with Crippen LogP contribution in [0.15, 0.2) is 46.9 Å². The average Bonchev–Trinajstić information content (AvgIpc) is 2.56. The highest BCUT2D eigenvalue weighted by Gasteiger charge is 2.16. The molecule has 0 spiro atoms. The second kappa shape index (κ2) is 8.39. The summed E-state index contributed by atoms with van der Waals surface area (Å²) in [4.78, 5) is 34.3. The summed E-state index contributed by atoms with van der Waals surface area (Å²) < 4.78 is 0.903. The van der Waals surface area contributed by atoms with E-state index in [-0.39, 0.29) is 24.6 Å². The number of nitro groups is 1. The number of nitrogens with zero attached hydrogens (tertiary/aromatic N) is 1. The summed E-state index contributed by atoms with van der Waals surface area (Å²) in [5.41, 5.74) is 1.72. The fourth-order valence-electron chi connectivity index (χ4n) is 2.21. The van der Waals surface area contributed by atoms with Crippen molar-refractivity contribution in [2.24, 2.45) is 0 Å². The van der Waals surface area contributed by atoms with Gasteiger partial charge in [-0.15, -0.1) is 0 Å². The van der Waals surface area contributed by atoms with Gasteiger partial charge in [-0.2, -0.15) is 0 Å². The van der Waals surface area contributed by atoms with E-state index in [1.807, 2.05) is 13.0 Å². The molecule has 2 amide bonds. The number of rotatable bonds is 6. The standard InChI is InChI=1S/C17H16BrN3O4/c1-11-8-13(18)6-7-14(11)20-17(23)10-19-16(22)9-12-4-2-3-5-15(12)21(24)25/h2-8H,9-10H2,1H3,(H,19,22)(H,20,23). The molecule has 0 saturated carbocycles. The topological polar surface area (TPSA) is 101 Å².